The first kappa shape index (κ1) is 13.0. The van der Waals surface area contributed by atoms with Crippen LogP contribution in [0.3, 0.4) is 0 Å². The highest BCUT2D eigenvalue weighted by Gasteiger charge is 2.23. The topological polar surface area (TPSA) is 42.2 Å². The average Bonchev–Trinajstić information content (AvgIpc) is 2.39. The highest BCUT2D eigenvalue weighted by Crippen LogP contribution is 2.33. The highest BCUT2D eigenvalue weighted by atomic mass is 79.9. The predicted octanol–water partition coefficient (Wildman–Crippen LogP) is 3.57. The lowest BCUT2D eigenvalue weighted by Gasteiger charge is -2.12. The van der Waals surface area contributed by atoms with Gasteiger partial charge in [-0.05, 0) is 28.8 Å². The summed E-state index contributed by atoms with van der Waals surface area (Å²) in [6.45, 7) is 10.2. The van der Waals surface area contributed by atoms with Crippen LogP contribution in [-0.4, -0.2) is 15.6 Å². The SMILES string of the molecule is C=CCn1c(C)c(C(=O)O)c(Br)c1C(C)C. The number of hydrogen-bond acceptors (Lipinski definition) is 1. The van der Waals surface area contributed by atoms with Crippen LogP contribution in [0.15, 0.2) is 17.1 Å². The fourth-order valence-corrected chi connectivity index (χ4v) is 3.03. The molecule has 0 aliphatic carbocycles. The van der Waals surface area contributed by atoms with Gasteiger partial charge >= 0.3 is 5.97 Å². The molecule has 0 saturated carbocycles. The third kappa shape index (κ3) is 2.07. The molecule has 16 heavy (non-hydrogen) atoms. The van der Waals surface area contributed by atoms with Crippen molar-refractivity contribution in [2.45, 2.75) is 33.2 Å². The van der Waals surface area contributed by atoms with Gasteiger partial charge in [-0.3, -0.25) is 0 Å². The largest absolute Gasteiger partial charge is 0.478 e. The Labute approximate surface area is 104 Å². The smallest absolute Gasteiger partial charge is 0.338 e. The van der Waals surface area contributed by atoms with Crippen LogP contribution in [0, 0.1) is 6.92 Å². The zero-order chi connectivity index (χ0) is 12.5. The van der Waals surface area contributed by atoms with Crippen molar-refractivity contribution < 1.29 is 9.90 Å². The van der Waals surface area contributed by atoms with Crippen molar-refractivity contribution in [1.29, 1.82) is 0 Å². The number of aromatic nitrogens is 1. The number of aromatic carboxylic acids is 1. The molecule has 0 unspecified atom stereocenters. The standard InChI is InChI=1S/C12H16BrNO2/c1-5-6-14-8(4)9(12(15)16)10(13)11(14)7(2)3/h5,7H,1,6H2,2-4H3,(H,15,16). The number of halogens is 1. The van der Waals surface area contributed by atoms with Gasteiger partial charge in [0.05, 0.1) is 10.0 Å². The molecule has 1 aromatic rings. The van der Waals surface area contributed by atoms with Crippen molar-refractivity contribution in [1.82, 2.24) is 4.57 Å². The highest BCUT2D eigenvalue weighted by molar-refractivity contribution is 9.10. The van der Waals surface area contributed by atoms with Crippen molar-refractivity contribution >= 4 is 21.9 Å². The van der Waals surface area contributed by atoms with Gasteiger partial charge in [-0.15, -0.1) is 6.58 Å². The Bertz CT molecular complexity index is 433. The summed E-state index contributed by atoms with van der Waals surface area (Å²) in [5, 5.41) is 9.17. The molecule has 0 radical (unpaired) electrons. The molecule has 0 saturated heterocycles. The zero-order valence-electron chi connectivity index (χ0n) is 9.75. The number of hydrogen-bond donors (Lipinski definition) is 1. The molecule has 1 rings (SSSR count). The number of rotatable bonds is 4. The molecule has 4 heteroatoms. The van der Waals surface area contributed by atoms with Crippen molar-refractivity contribution in [3.8, 4) is 0 Å². The van der Waals surface area contributed by atoms with Crippen molar-refractivity contribution in [2.75, 3.05) is 0 Å². The maximum absolute atomic E-state index is 11.2. The lowest BCUT2D eigenvalue weighted by molar-refractivity contribution is 0.0695. The van der Waals surface area contributed by atoms with E-state index in [1.807, 2.05) is 25.3 Å². The average molecular weight is 286 g/mol. The van der Waals surface area contributed by atoms with E-state index in [0.29, 0.717) is 16.6 Å². The number of carboxylic acid groups (broad SMARTS) is 1. The minimum Gasteiger partial charge on any atom is -0.478 e. The Hall–Kier alpha value is -1.03. The molecule has 1 heterocycles. The third-order valence-corrected chi connectivity index (χ3v) is 3.38. The van der Waals surface area contributed by atoms with Gasteiger partial charge in [-0.25, -0.2) is 4.79 Å². The van der Waals surface area contributed by atoms with Crippen LogP contribution in [0.4, 0.5) is 0 Å². The van der Waals surface area contributed by atoms with Gasteiger partial charge < -0.3 is 9.67 Å². The molecule has 0 amide bonds. The Morgan fingerprint density at radius 3 is 2.56 bits per heavy atom. The predicted molar refractivity (Wildman–Crippen MR) is 68.1 cm³/mol. The van der Waals surface area contributed by atoms with E-state index in [1.165, 1.54) is 0 Å². The van der Waals surface area contributed by atoms with Gasteiger partial charge in [-0.1, -0.05) is 19.9 Å². The second-order valence-corrected chi connectivity index (χ2v) is 4.81. The second-order valence-electron chi connectivity index (χ2n) is 4.02. The Kier molecular flexibility index (Phi) is 3.97. The minimum atomic E-state index is -0.894. The molecule has 0 aromatic carbocycles. The number of carbonyl (C=O) groups is 1. The summed E-state index contributed by atoms with van der Waals surface area (Å²) in [5.41, 5.74) is 2.13. The lowest BCUT2D eigenvalue weighted by Crippen LogP contribution is -2.05. The molecule has 0 atom stereocenters. The van der Waals surface area contributed by atoms with Gasteiger partial charge in [0.1, 0.15) is 0 Å². The van der Waals surface area contributed by atoms with Crippen LogP contribution in [0.5, 0.6) is 0 Å². The normalized spacial score (nSPS) is 10.8. The molecule has 1 N–H and O–H groups in total. The number of allylic oxidation sites excluding steroid dienone is 1. The molecular weight excluding hydrogens is 270 g/mol. The van der Waals surface area contributed by atoms with Gasteiger partial charge in [0.25, 0.3) is 0 Å². The molecule has 0 aliphatic heterocycles. The molecule has 3 nitrogen and oxygen atoms in total. The van der Waals surface area contributed by atoms with E-state index >= 15 is 0 Å². The van der Waals surface area contributed by atoms with Gasteiger partial charge in [0, 0.05) is 17.9 Å². The van der Waals surface area contributed by atoms with E-state index in [1.54, 1.807) is 6.08 Å². The molecular formula is C12H16BrNO2. The van der Waals surface area contributed by atoms with E-state index in [4.69, 9.17) is 5.11 Å². The molecule has 0 bridgehead atoms. The summed E-state index contributed by atoms with van der Waals surface area (Å²) < 4.78 is 2.68. The van der Waals surface area contributed by atoms with Crippen LogP contribution in [0.25, 0.3) is 0 Å². The van der Waals surface area contributed by atoms with E-state index in [-0.39, 0.29) is 5.92 Å². The summed E-state index contributed by atoms with van der Waals surface area (Å²) in [6, 6.07) is 0. The van der Waals surface area contributed by atoms with Gasteiger partial charge in [0.15, 0.2) is 0 Å². The first-order chi connectivity index (χ1) is 7.41. The number of carboxylic acids is 1. The first-order valence-electron chi connectivity index (χ1n) is 5.14. The summed E-state index contributed by atoms with van der Waals surface area (Å²) in [4.78, 5) is 11.2. The first-order valence-corrected chi connectivity index (χ1v) is 5.93. The molecule has 0 fully saturated rings. The zero-order valence-corrected chi connectivity index (χ0v) is 11.3. The second kappa shape index (κ2) is 4.87. The summed E-state index contributed by atoms with van der Waals surface area (Å²) in [7, 11) is 0. The van der Waals surface area contributed by atoms with Crippen LogP contribution < -0.4 is 0 Å². The minimum absolute atomic E-state index is 0.265. The summed E-state index contributed by atoms with van der Waals surface area (Å²) >= 11 is 3.39. The maximum atomic E-state index is 11.2. The Morgan fingerprint density at radius 1 is 1.62 bits per heavy atom. The van der Waals surface area contributed by atoms with Crippen LogP contribution in [0.2, 0.25) is 0 Å². The van der Waals surface area contributed by atoms with Crippen molar-refractivity contribution in [3.63, 3.8) is 0 Å². The maximum Gasteiger partial charge on any atom is 0.338 e. The summed E-state index contributed by atoms with van der Waals surface area (Å²) in [6.07, 6.45) is 1.77. The van der Waals surface area contributed by atoms with Crippen LogP contribution in [-0.2, 0) is 6.54 Å². The van der Waals surface area contributed by atoms with Gasteiger partial charge in [-0.2, -0.15) is 0 Å². The van der Waals surface area contributed by atoms with E-state index in [2.05, 4.69) is 22.5 Å². The van der Waals surface area contributed by atoms with E-state index in [9.17, 15) is 4.79 Å². The number of nitrogens with zero attached hydrogens (tertiary/aromatic N) is 1. The molecule has 1 aromatic heterocycles. The molecule has 88 valence electrons. The van der Waals surface area contributed by atoms with Crippen molar-refractivity contribution in [2.24, 2.45) is 0 Å². The fourth-order valence-electron chi connectivity index (χ4n) is 1.90. The monoisotopic (exact) mass is 285 g/mol. The third-order valence-electron chi connectivity index (χ3n) is 2.57. The molecule has 0 aliphatic rings. The van der Waals surface area contributed by atoms with Gasteiger partial charge in [0.2, 0.25) is 0 Å². The summed E-state index contributed by atoms with van der Waals surface area (Å²) in [5.74, 6) is -0.629. The Balaban J connectivity index is 3.52. The Morgan fingerprint density at radius 2 is 2.19 bits per heavy atom. The van der Waals surface area contributed by atoms with E-state index < -0.39 is 5.97 Å². The van der Waals surface area contributed by atoms with Crippen LogP contribution >= 0.6 is 15.9 Å². The molecule has 0 spiro atoms. The lowest BCUT2D eigenvalue weighted by atomic mass is 10.1. The quantitative estimate of drug-likeness (QED) is 0.860. The fraction of sp³-hybridized carbons (Fsp3) is 0.417. The van der Waals surface area contributed by atoms with Crippen molar-refractivity contribution in [3.05, 3.63) is 34.1 Å². The van der Waals surface area contributed by atoms with E-state index in [0.717, 1.165) is 11.4 Å². The van der Waals surface area contributed by atoms with Crippen LogP contribution in [0.1, 0.15) is 41.5 Å².